The molecule has 4 aromatic rings. The molecule has 2 fully saturated rings. The van der Waals surface area contributed by atoms with E-state index in [0.717, 1.165) is 51.8 Å². The predicted octanol–water partition coefficient (Wildman–Crippen LogP) is 4.90. The van der Waals surface area contributed by atoms with E-state index in [1.807, 2.05) is 42.5 Å². The molecule has 9 heteroatoms. The van der Waals surface area contributed by atoms with Gasteiger partial charge in [0.15, 0.2) is 0 Å². The number of hydrogen-bond acceptors (Lipinski definition) is 7. The van der Waals surface area contributed by atoms with Crippen molar-refractivity contribution in [1.29, 1.82) is 0 Å². The fourth-order valence-corrected chi connectivity index (χ4v) is 6.74. The first-order valence-corrected chi connectivity index (χ1v) is 12.8. The summed E-state index contributed by atoms with van der Waals surface area (Å²) in [5.41, 5.74) is 14.2. The van der Waals surface area contributed by atoms with Crippen molar-refractivity contribution in [2.75, 3.05) is 30.3 Å². The van der Waals surface area contributed by atoms with Gasteiger partial charge in [-0.15, -0.1) is 0 Å². The first kappa shape index (κ1) is 22.5. The molecule has 0 unspecified atom stereocenters. The molecule has 2 aliphatic rings. The van der Waals surface area contributed by atoms with Crippen LogP contribution >= 0.6 is 23.4 Å². The van der Waals surface area contributed by atoms with Gasteiger partial charge >= 0.3 is 0 Å². The fraction of sp³-hybridized carbons (Fsp3) is 0.269. The van der Waals surface area contributed by atoms with Crippen LogP contribution in [0.1, 0.15) is 12.0 Å². The third-order valence-corrected chi connectivity index (χ3v) is 8.97. The van der Waals surface area contributed by atoms with Gasteiger partial charge in [0, 0.05) is 36.1 Å². The van der Waals surface area contributed by atoms with Crippen LogP contribution in [0.4, 0.5) is 16.0 Å². The average molecular weight is 507 g/mol. The molecule has 0 amide bonds. The molecule has 1 aliphatic carbocycles. The average Bonchev–Trinajstić information content (AvgIpc) is 3.54. The summed E-state index contributed by atoms with van der Waals surface area (Å²) in [6.07, 6.45) is 2.60. The summed E-state index contributed by atoms with van der Waals surface area (Å²) >= 11 is 7.72. The SMILES string of the molecule is NC[C@]1(c2ccccc2F)[C@@H]2CN(c3ccc4nc(Sc5ccnc(N)c5Cl)ccc4n3)CC[C@@H]21. The van der Waals surface area contributed by atoms with Crippen LogP contribution in [0, 0.1) is 17.7 Å². The van der Waals surface area contributed by atoms with Gasteiger partial charge in [0.2, 0.25) is 0 Å². The van der Waals surface area contributed by atoms with E-state index in [-0.39, 0.29) is 11.2 Å². The standard InChI is InChI=1S/C26H24ClFN6S/c27-24-21(9-11-31-25(24)30)35-23-8-6-19-20(33-23)5-7-22(32-19)34-12-10-15-17(13-34)26(15,14-29)16-3-1-2-4-18(16)28/h1-9,11,15,17H,10,12-14,29H2,(H2,30,31)/t15-,17+,26-/m0/s1. The largest absolute Gasteiger partial charge is 0.382 e. The molecule has 6 nitrogen and oxygen atoms in total. The van der Waals surface area contributed by atoms with E-state index in [9.17, 15) is 4.39 Å². The fourth-order valence-electron chi connectivity index (χ4n) is 5.68. The van der Waals surface area contributed by atoms with Crippen LogP contribution in [0.3, 0.4) is 0 Å². The van der Waals surface area contributed by atoms with E-state index in [2.05, 4.69) is 9.88 Å². The minimum atomic E-state index is -0.276. The highest BCUT2D eigenvalue weighted by Crippen LogP contribution is 2.63. The minimum Gasteiger partial charge on any atom is -0.382 e. The van der Waals surface area contributed by atoms with Crippen LogP contribution in [-0.4, -0.2) is 34.6 Å². The molecule has 6 rings (SSSR count). The second-order valence-corrected chi connectivity index (χ2v) is 10.6. The zero-order chi connectivity index (χ0) is 24.2. The number of nitrogens with two attached hydrogens (primary N) is 2. The van der Waals surface area contributed by atoms with Crippen LogP contribution in [-0.2, 0) is 5.41 Å². The number of aromatic nitrogens is 3. The van der Waals surface area contributed by atoms with E-state index in [1.165, 1.54) is 17.8 Å². The van der Waals surface area contributed by atoms with Crippen LogP contribution in [0.15, 0.2) is 70.7 Å². The first-order valence-electron chi connectivity index (χ1n) is 11.6. The third kappa shape index (κ3) is 3.71. The zero-order valence-corrected chi connectivity index (χ0v) is 20.4. The maximum absolute atomic E-state index is 14.7. The van der Waals surface area contributed by atoms with Crippen LogP contribution in [0.25, 0.3) is 11.0 Å². The maximum atomic E-state index is 14.7. The Kier molecular flexibility index (Phi) is 5.55. The van der Waals surface area contributed by atoms with Gasteiger partial charge in [-0.2, -0.15) is 0 Å². The molecule has 3 atom stereocenters. The summed E-state index contributed by atoms with van der Waals surface area (Å²) in [7, 11) is 0. The number of fused-ring (bicyclic) bond motifs is 2. The van der Waals surface area contributed by atoms with Crippen molar-refractivity contribution in [2.45, 2.75) is 21.8 Å². The Morgan fingerprint density at radius 2 is 1.86 bits per heavy atom. The molecule has 35 heavy (non-hydrogen) atoms. The molecule has 0 bridgehead atoms. The van der Waals surface area contributed by atoms with Gasteiger partial charge in [-0.05, 0) is 60.2 Å². The Morgan fingerprint density at radius 3 is 2.69 bits per heavy atom. The Balaban J connectivity index is 1.23. The van der Waals surface area contributed by atoms with Gasteiger partial charge < -0.3 is 16.4 Å². The monoisotopic (exact) mass is 506 g/mol. The van der Waals surface area contributed by atoms with Crippen molar-refractivity contribution in [3.8, 4) is 0 Å². The molecular formula is C26H24ClFN6S. The van der Waals surface area contributed by atoms with Gasteiger partial charge in [-0.1, -0.05) is 41.6 Å². The molecule has 1 saturated carbocycles. The topological polar surface area (TPSA) is 94.0 Å². The smallest absolute Gasteiger partial charge is 0.143 e. The minimum absolute atomic E-state index is 0.154. The molecule has 0 radical (unpaired) electrons. The molecule has 1 saturated heterocycles. The number of nitrogen functional groups attached to an aromatic ring is 1. The second-order valence-electron chi connectivity index (χ2n) is 9.14. The maximum Gasteiger partial charge on any atom is 0.143 e. The lowest BCUT2D eigenvalue weighted by atomic mass is 9.91. The number of pyridine rings is 3. The third-order valence-electron chi connectivity index (χ3n) is 7.46. The lowest BCUT2D eigenvalue weighted by Crippen LogP contribution is -2.32. The quantitative estimate of drug-likeness (QED) is 0.397. The highest BCUT2D eigenvalue weighted by atomic mass is 35.5. The molecule has 178 valence electrons. The number of piperidine rings is 1. The van der Waals surface area contributed by atoms with Gasteiger partial charge in [0.25, 0.3) is 0 Å². The summed E-state index contributed by atoms with van der Waals surface area (Å²) in [5, 5.41) is 1.23. The first-order chi connectivity index (χ1) is 17.0. The summed E-state index contributed by atoms with van der Waals surface area (Å²) in [6.45, 7) is 2.15. The molecule has 3 aromatic heterocycles. The van der Waals surface area contributed by atoms with Crippen molar-refractivity contribution in [3.63, 3.8) is 0 Å². The highest BCUT2D eigenvalue weighted by Gasteiger charge is 2.66. The number of rotatable bonds is 5. The van der Waals surface area contributed by atoms with Crippen LogP contribution in [0.5, 0.6) is 0 Å². The van der Waals surface area contributed by atoms with Crippen molar-refractivity contribution in [2.24, 2.45) is 17.6 Å². The Morgan fingerprint density at radius 1 is 1.06 bits per heavy atom. The summed E-state index contributed by atoms with van der Waals surface area (Å²) in [6, 6.07) is 16.8. The van der Waals surface area contributed by atoms with Gasteiger partial charge in [-0.3, -0.25) is 0 Å². The van der Waals surface area contributed by atoms with Gasteiger partial charge in [-0.25, -0.2) is 19.3 Å². The highest BCUT2D eigenvalue weighted by molar-refractivity contribution is 7.99. The number of benzene rings is 1. The normalized spacial score (nSPS) is 23.3. The van der Waals surface area contributed by atoms with E-state index in [4.69, 9.17) is 33.0 Å². The van der Waals surface area contributed by atoms with Gasteiger partial charge in [0.1, 0.15) is 22.5 Å². The van der Waals surface area contributed by atoms with E-state index in [0.29, 0.717) is 29.2 Å². The van der Waals surface area contributed by atoms with E-state index in [1.54, 1.807) is 12.3 Å². The molecule has 0 spiro atoms. The van der Waals surface area contributed by atoms with E-state index < -0.39 is 0 Å². The second kappa shape index (κ2) is 8.62. The number of nitrogens with zero attached hydrogens (tertiary/aromatic N) is 4. The van der Waals surface area contributed by atoms with E-state index >= 15 is 0 Å². The zero-order valence-electron chi connectivity index (χ0n) is 18.9. The van der Waals surface area contributed by atoms with Crippen LogP contribution in [0.2, 0.25) is 5.02 Å². The Hall–Kier alpha value is -2.94. The molecular weight excluding hydrogens is 483 g/mol. The predicted molar refractivity (Wildman–Crippen MR) is 138 cm³/mol. The molecule has 4 heterocycles. The Bertz CT molecular complexity index is 1430. The number of hydrogen-bond donors (Lipinski definition) is 2. The summed E-state index contributed by atoms with van der Waals surface area (Å²) in [4.78, 5) is 16.7. The molecule has 1 aromatic carbocycles. The lowest BCUT2D eigenvalue weighted by molar-refractivity contribution is 0.533. The van der Waals surface area contributed by atoms with Crippen molar-refractivity contribution >= 4 is 46.0 Å². The lowest BCUT2D eigenvalue weighted by Gasteiger charge is -2.27. The van der Waals surface area contributed by atoms with Crippen molar-refractivity contribution in [1.82, 2.24) is 15.0 Å². The number of anilines is 2. The van der Waals surface area contributed by atoms with Gasteiger partial charge in [0.05, 0.1) is 16.1 Å². The van der Waals surface area contributed by atoms with Crippen molar-refractivity contribution in [3.05, 3.63) is 77.2 Å². The van der Waals surface area contributed by atoms with Crippen LogP contribution < -0.4 is 16.4 Å². The van der Waals surface area contributed by atoms with Crippen molar-refractivity contribution < 1.29 is 4.39 Å². The molecule has 1 aliphatic heterocycles. The number of halogens is 2. The Labute approximate surface area is 211 Å². The summed E-state index contributed by atoms with van der Waals surface area (Å²) < 4.78 is 14.7. The summed E-state index contributed by atoms with van der Waals surface area (Å²) in [5.74, 6) is 1.80. The molecule has 4 N–H and O–H groups in total.